The van der Waals surface area contributed by atoms with Gasteiger partial charge in [0.1, 0.15) is 0 Å². The van der Waals surface area contributed by atoms with Crippen molar-refractivity contribution in [3.8, 4) is 0 Å². The lowest BCUT2D eigenvalue weighted by atomic mass is 10.1. The third-order valence-electron chi connectivity index (χ3n) is 1.59. The molecular formula is C11H16O2. The van der Waals surface area contributed by atoms with Gasteiger partial charge in [-0.3, -0.25) is 0 Å². The Morgan fingerprint density at radius 1 is 1.54 bits per heavy atom. The van der Waals surface area contributed by atoms with Crippen LogP contribution in [0.15, 0.2) is 29.5 Å². The summed E-state index contributed by atoms with van der Waals surface area (Å²) in [7, 11) is 1.36. The summed E-state index contributed by atoms with van der Waals surface area (Å²) in [5, 5.41) is 0. The molecule has 0 aliphatic rings. The van der Waals surface area contributed by atoms with Gasteiger partial charge in [-0.15, -0.1) is 5.73 Å². The molecule has 2 nitrogen and oxygen atoms in total. The molecule has 0 atom stereocenters. The van der Waals surface area contributed by atoms with E-state index in [4.69, 9.17) is 0 Å². The van der Waals surface area contributed by atoms with Gasteiger partial charge in [0.25, 0.3) is 0 Å². The Kier molecular flexibility index (Phi) is 5.66. The zero-order valence-electron chi connectivity index (χ0n) is 8.52. The van der Waals surface area contributed by atoms with Crippen LogP contribution in [-0.2, 0) is 9.53 Å². The van der Waals surface area contributed by atoms with Crippen molar-refractivity contribution < 1.29 is 9.53 Å². The first-order chi connectivity index (χ1) is 6.11. The van der Waals surface area contributed by atoms with E-state index >= 15 is 0 Å². The number of rotatable bonds is 4. The van der Waals surface area contributed by atoms with Crippen molar-refractivity contribution in [1.82, 2.24) is 0 Å². The number of carbonyl (C=O) groups is 1. The first-order valence-electron chi connectivity index (χ1n) is 4.22. The average molecular weight is 180 g/mol. The minimum absolute atomic E-state index is 0.336. The van der Waals surface area contributed by atoms with E-state index in [1.54, 1.807) is 0 Å². The highest BCUT2D eigenvalue weighted by atomic mass is 16.5. The summed E-state index contributed by atoms with van der Waals surface area (Å²) in [5.74, 6) is -0.336. The topological polar surface area (TPSA) is 26.3 Å². The maximum atomic E-state index is 11.0. The summed E-state index contributed by atoms with van der Waals surface area (Å²) >= 11 is 0. The first-order valence-corrected chi connectivity index (χ1v) is 4.22. The van der Waals surface area contributed by atoms with Crippen molar-refractivity contribution in [3.63, 3.8) is 0 Å². The molecule has 13 heavy (non-hydrogen) atoms. The van der Waals surface area contributed by atoms with Crippen LogP contribution in [0.1, 0.15) is 26.7 Å². The van der Waals surface area contributed by atoms with Crippen molar-refractivity contribution in [3.05, 3.63) is 29.5 Å². The molecule has 0 bridgehead atoms. The van der Waals surface area contributed by atoms with Crippen molar-refractivity contribution in [2.24, 2.45) is 0 Å². The molecule has 0 spiro atoms. The third-order valence-corrected chi connectivity index (χ3v) is 1.59. The van der Waals surface area contributed by atoms with Gasteiger partial charge in [0, 0.05) is 0 Å². The fourth-order valence-corrected chi connectivity index (χ4v) is 0.891. The summed E-state index contributed by atoms with van der Waals surface area (Å²) in [6.45, 7) is 7.49. The molecule has 0 aliphatic heterocycles. The van der Waals surface area contributed by atoms with Crippen LogP contribution in [0.5, 0.6) is 0 Å². The van der Waals surface area contributed by atoms with Crippen LogP contribution in [0.4, 0.5) is 0 Å². The predicted octanol–water partition coefficient (Wildman–Crippen LogP) is 2.62. The van der Waals surface area contributed by atoms with Gasteiger partial charge in [0.05, 0.1) is 12.7 Å². The molecule has 0 N–H and O–H groups in total. The van der Waals surface area contributed by atoms with Crippen molar-refractivity contribution >= 4 is 5.97 Å². The zero-order valence-corrected chi connectivity index (χ0v) is 8.52. The Balaban J connectivity index is 4.11. The minimum atomic E-state index is -0.336. The molecule has 0 heterocycles. The van der Waals surface area contributed by atoms with E-state index in [1.807, 2.05) is 13.8 Å². The molecule has 0 aromatic rings. The van der Waals surface area contributed by atoms with Gasteiger partial charge in [-0.05, 0) is 26.7 Å². The number of methoxy groups -OCH3 is 1. The SMILES string of the molecule is C=C=C(CCC=C(C)C)C(=O)OC. The fourth-order valence-electron chi connectivity index (χ4n) is 0.891. The van der Waals surface area contributed by atoms with Gasteiger partial charge in [-0.1, -0.05) is 18.2 Å². The van der Waals surface area contributed by atoms with Gasteiger partial charge in [-0.25, -0.2) is 4.79 Å². The first kappa shape index (κ1) is 11.7. The van der Waals surface area contributed by atoms with Crippen LogP contribution < -0.4 is 0 Å². The molecular weight excluding hydrogens is 164 g/mol. The molecule has 0 saturated heterocycles. The van der Waals surface area contributed by atoms with E-state index in [2.05, 4.69) is 23.1 Å². The maximum Gasteiger partial charge on any atom is 0.341 e. The van der Waals surface area contributed by atoms with Gasteiger partial charge in [0.2, 0.25) is 0 Å². The smallest absolute Gasteiger partial charge is 0.341 e. The zero-order chi connectivity index (χ0) is 10.3. The highest BCUT2D eigenvalue weighted by Crippen LogP contribution is 2.07. The average Bonchev–Trinajstić information content (AvgIpc) is 2.11. The Hall–Kier alpha value is -1.27. The number of esters is 1. The van der Waals surface area contributed by atoms with Crippen molar-refractivity contribution in [1.29, 1.82) is 0 Å². The van der Waals surface area contributed by atoms with Gasteiger partial charge in [0.15, 0.2) is 0 Å². The Morgan fingerprint density at radius 2 is 2.15 bits per heavy atom. The Morgan fingerprint density at radius 3 is 2.54 bits per heavy atom. The highest BCUT2D eigenvalue weighted by molar-refractivity contribution is 5.87. The molecule has 0 aromatic carbocycles. The molecule has 0 unspecified atom stereocenters. The van der Waals surface area contributed by atoms with Gasteiger partial charge in [-0.2, -0.15) is 0 Å². The fraction of sp³-hybridized carbons (Fsp3) is 0.455. The lowest BCUT2D eigenvalue weighted by Gasteiger charge is -1.99. The van der Waals surface area contributed by atoms with Crippen LogP contribution in [0, 0.1) is 0 Å². The van der Waals surface area contributed by atoms with Crippen LogP contribution >= 0.6 is 0 Å². The lowest BCUT2D eigenvalue weighted by Crippen LogP contribution is -2.03. The van der Waals surface area contributed by atoms with E-state index in [0.717, 1.165) is 6.42 Å². The minimum Gasteiger partial charge on any atom is -0.465 e. The molecule has 0 fully saturated rings. The molecule has 0 radical (unpaired) electrons. The molecule has 0 aliphatic carbocycles. The highest BCUT2D eigenvalue weighted by Gasteiger charge is 2.06. The number of hydrogen-bond donors (Lipinski definition) is 0. The second-order valence-corrected chi connectivity index (χ2v) is 2.97. The summed E-state index contributed by atoms with van der Waals surface area (Å²) < 4.78 is 4.56. The largest absolute Gasteiger partial charge is 0.465 e. The van der Waals surface area contributed by atoms with E-state index in [1.165, 1.54) is 12.7 Å². The normalized spacial score (nSPS) is 8.54. The van der Waals surface area contributed by atoms with Crippen LogP contribution in [-0.4, -0.2) is 13.1 Å². The summed E-state index contributed by atoms with van der Waals surface area (Å²) in [6.07, 6.45) is 3.54. The van der Waals surface area contributed by atoms with Gasteiger partial charge < -0.3 is 4.74 Å². The van der Waals surface area contributed by atoms with E-state index in [9.17, 15) is 4.79 Å². The van der Waals surface area contributed by atoms with E-state index in [0.29, 0.717) is 12.0 Å². The Labute approximate surface area is 79.6 Å². The van der Waals surface area contributed by atoms with Crippen molar-refractivity contribution in [2.45, 2.75) is 26.7 Å². The van der Waals surface area contributed by atoms with Crippen LogP contribution in [0.25, 0.3) is 0 Å². The molecule has 0 amide bonds. The molecule has 0 rings (SSSR count). The van der Waals surface area contributed by atoms with E-state index in [-0.39, 0.29) is 5.97 Å². The standard InChI is InChI=1S/C11H16O2/c1-5-10(11(12)13-4)8-6-7-9(2)3/h7H,1,6,8H2,2-4H3. The number of carbonyl (C=O) groups excluding carboxylic acids is 1. The summed E-state index contributed by atoms with van der Waals surface area (Å²) in [6, 6.07) is 0. The lowest BCUT2D eigenvalue weighted by molar-refractivity contribution is -0.136. The third kappa shape index (κ3) is 5.05. The second-order valence-electron chi connectivity index (χ2n) is 2.97. The van der Waals surface area contributed by atoms with Gasteiger partial charge >= 0.3 is 5.97 Å². The molecule has 72 valence electrons. The van der Waals surface area contributed by atoms with Crippen molar-refractivity contribution in [2.75, 3.05) is 7.11 Å². The summed E-state index contributed by atoms with van der Waals surface area (Å²) in [5.41, 5.74) is 4.35. The van der Waals surface area contributed by atoms with Crippen LogP contribution in [0.2, 0.25) is 0 Å². The second kappa shape index (κ2) is 6.27. The maximum absolute atomic E-state index is 11.0. The number of hydrogen-bond acceptors (Lipinski definition) is 2. The molecule has 0 saturated carbocycles. The molecule has 0 aromatic heterocycles. The Bertz CT molecular complexity index is 251. The van der Waals surface area contributed by atoms with E-state index < -0.39 is 0 Å². The quantitative estimate of drug-likeness (QED) is 0.288. The predicted molar refractivity (Wildman–Crippen MR) is 53.3 cm³/mol. The van der Waals surface area contributed by atoms with Crippen LogP contribution in [0.3, 0.4) is 0 Å². The summed E-state index contributed by atoms with van der Waals surface area (Å²) in [4.78, 5) is 11.0. The monoisotopic (exact) mass is 180 g/mol. The molecule has 2 heteroatoms. The number of allylic oxidation sites excluding steroid dienone is 2. The number of ether oxygens (including phenoxy) is 1.